The van der Waals surface area contributed by atoms with Crippen molar-refractivity contribution >= 4 is 0 Å². The van der Waals surface area contributed by atoms with E-state index < -0.39 is 0 Å². The van der Waals surface area contributed by atoms with Crippen molar-refractivity contribution < 1.29 is 0 Å². The van der Waals surface area contributed by atoms with E-state index in [0.717, 1.165) is 0 Å². The van der Waals surface area contributed by atoms with E-state index >= 15 is 0 Å². The summed E-state index contributed by atoms with van der Waals surface area (Å²) < 4.78 is 0. The molecule has 2 saturated carbocycles. The summed E-state index contributed by atoms with van der Waals surface area (Å²) in [5.41, 5.74) is 1.81. The molecule has 26 heavy (non-hydrogen) atoms. The molecule has 0 aromatic carbocycles. The maximum atomic E-state index is 2.70. The fraction of sp³-hybridized carbons (Fsp3) is 1.00. The number of rotatable bonds is 6. The summed E-state index contributed by atoms with van der Waals surface area (Å²) in [4.78, 5) is 0. The fourth-order valence-corrected chi connectivity index (χ4v) is 6.40. The van der Waals surface area contributed by atoms with Crippen LogP contribution in [0.25, 0.3) is 0 Å². The van der Waals surface area contributed by atoms with Crippen LogP contribution in [0.2, 0.25) is 0 Å². The molecule has 0 aliphatic heterocycles. The van der Waals surface area contributed by atoms with Gasteiger partial charge in [0.25, 0.3) is 0 Å². The topological polar surface area (TPSA) is 0 Å². The SMILES string of the molecule is CCCCCCCC1(C)CCC2(C)CCCCCCCCCCC1(C)C2. The highest BCUT2D eigenvalue weighted by atomic mass is 14.6. The molecule has 0 aromatic heterocycles. The van der Waals surface area contributed by atoms with Crippen LogP contribution in [0.5, 0.6) is 0 Å². The minimum Gasteiger partial charge on any atom is -0.0654 e. The molecule has 0 spiro atoms. The monoisotopic (exact) mass is 362 g/mol. The molecule has 0 amide bonds. The molecule has 3 atom stereocenters. The molecular formula is C26H50. The number of fused-ring (bicyclic) bond motifs is 2. The molecule has 3 unspecified atom stereocenters. The van der Waals surface area contributed by atoms with Crippen LogP contribution in [0.4, 0.5) is 0 Å². The van der Waals surface area contributed by atoms with Crippen molar-refractivity contribution in [1.82, 2.24) is 0 Å². The van der Waals surface area contributed by atoms with Crippen LogP contribution in [0, 0.1) is 16.2 Å². The summed E-state index contributed by atoms with van der Waals surface area (Å²) in [6.07, 6.45) is 28.1. The Morgan fingerprint density at radius 2 is 1.15 bits per heavy atom. The summed E-state index contributed by atoms with van der Waals surface area (Å²) in [5, 5.41) is 0. The molecule has 0 N–H and O–H groups in total. The standard InChI is InChI=1S/C26H50/c1-5-6-7-12-16-19-25(3)22-21-24(2)18-15-13-10-8-9-11-14-17-20-26(25,4)23-24/h5-23H2,1-4H3. The van der Waals surface area contributed by atoms with Gasteiger partial charge in [0.15, 0.2) is 0 Å². The van der Waals surface area contributed by atoms with Gasteiger partial charge in [-0.15, -0.1) is 0 Å². The first-order valence-corrected chi connectivity index (χ1v) is 12.4. The predicted molar refractivity (Wildman–Crippen MR) is 118 cm³/mol. The smallest absolute Gasteiger partial charge is 0.0267 e. The quantitative estimate of drug-likeness (QED) is 0.413. The summed E-state index contributed by atoms with van der Waals surface area (Å²) in [5.74, 6) is 0. The zero-order valence-corrected chi connectivity index (χ0v) is 18.9. The Kier molecular flexibility index (Phi) is 9.02. The first kappa shape index (κ1) is 22.3. The van der Waals surface area contributed by atoms with Gasteiger partial charge in [0, 0.05) is 0 Å². The van der Waals surface area contributed by atoms with E-state index in [1.54, 1.807) is 0 Å². The van der Waals surface area contributed by atoms with Gasteiger partial charge in [-0.2, -0.15) is 0 Å². The van der Waals surface area contributed by atoms with Crippen molar-refractivity contribution in [1.29, 1.82) is 0 Å². The third kappa shape index (κ3) is 6.27. The average molecular weight is 363 g/mol. The minimum atomic E-state index is 0.582. The highest BCUT2D eigenvalue weighted by molar-refractivity contribution is 5.01. The second kappa shape index (κ2) is 10.5. The van der Waals surface area contributed by atoms with Crippen LogP contribution in [0.3, 0.4) is 0 Å². The lowest BCUT2D eigenvalue weighted by Crippen LogP contribution is -2.46. The Hall–Kier alpha value is 0. The van der Waals surface area contributed by atoms with E-state index in [2.05, 4.69) is 27.7 Å². The van der Waals surface area contributed by atoms with Crippen molar-refractivity contribution in [2.45, 2.75) is 150 Å². The van der Waals surface area contributed by atoms with Crippen LogP contribution in [0.15, 0.2) is 0 Å². The maximum Gasteiger partial charge on any atom is -0.0267 e. The van der Waals surface area contributed by atoms with Gasteiger partial charge in [-0.1, -0.05) is 111 Å². The fourth-order valence-electron chi connectivity index (χ4n) is 6.40. The van der Waals surface area contributed by atoms with Crippen LogP contribution >= 0.6 is 0 Å². The normalized spacial score (nSPS) is 37.4. The Morgan fingerprint density at radius 3 is 1.81 bits per heavy atom. The second-order valence-electron chi connectivity index (χ2n) is 11.1. The van der Waals surface area contributed by atoms with E-state index in [0.29, 0.717) is 16.2 Å². The highest BCUT2D eigenvalue weighted by Gasteiger charge is 2.50. The van der Waals surface area contributed by atoms with Gasteiger partial charge in [-0.25, -0.2) is 0 Å². The van der Waals surface area contributed by atoms with Gasteiger partial charge in [0.1, 0.15) is 0 Å². The molecule has 2 aliphatic rings. The number of hydrogen-bond acceptors (Lipinski definition) is 0. The van der Waals surface area contributed by atoms with Crippen LogP contribution in [-0.2, 0) is 0 Å². The molecule has 2 rings (SSSR count). The van der Waals surface area contributed by atoms with E-state index in [-0.39, 0.29) is 0 Å². The van der Waals surface area contributed by atoms with Crippen molar-refractivity contribution in [2.24, 2.45) is 16.2 Å². The van der Waals surface area contributed by atoms with Gasteiger partial charge in [0.05, 0.1) is 0 Å². The largest absolute Gasteiger partial charge is 0.0654 e. The molecule has 154 valence electrons. The summed E-state index contributed by atoms with van der Waals surface area (Å²) in [7, 11) is 0. The van der Waals surface area contributed by atoms with Crippen molar-refractivity contribution in [3.05, 3.63) is 0 Å². The molecule has 2 aliphatic carbocycles. The van der Waals surface area contributed by atoms with E-state index in [9.17, 15) is 0 Å². The number of unbranched alkanes of at least 4 members (excludes halogenated alkanes) is 4. The molecule has 0 heterocycles. The zero-order valence-electron chi connectivity index (χ0n) is 18.9. The van der Waals surface area contributed by atoms with Gasteiger partial charge < -0.3 is 0 Å². The summed E-state index contributed by atoms with van der Waals surface area (Å²) in [6.45, 7) is 10.4. The average Bonchev–Trinajstić information content (AvgIpc) is 2.61. The molecule has 0 nitrogen and oxygen atoms in total. The van der Waals surface area contributed by atoms with E-state index in [1.165, 1.54) is 122 Å². The molecule has 0 aromatic rings. The molecule has 2 fully saturated rings. The molecular weight excluding hydrogens is 312 g/mol. The molecule has 0 saturated heterocycles. The molecule has 0 heteroatoms. The lowest BCUT2D eigenvalue weighted by atomic mass is 9.48. The summed E-state index contributed by atoms with van der Waals surface area (Å²) in [6, 6.07) is 0. The molecule has 0 radical (unpaired) electrons. The van der Waals surface area contributed by atoms with Gasteiger partial charge in [-0.3, -0.25) is 0 Å². The Bertz CT molecular complexity index is 385. The first-order valence-electron chi connectivity index (χ1n) is 12.4. The van der Waals surface area contributed by atoms with Crippen molar-refractivity contribution in [3.63, 3.8) is 0 Å². The van der Waals surface area contributed by atoms with Crippen LogP contribution < -0.4 is 0 Å². The highest BCUT2D eigenvalue weighted by Crippen LogP contribution is 2.61. The first-order chi connectivity index (χ1) is 12.4. The Balaban J connectivity index is 2.03. The van der Waals surface area contributed by atoms with Crippen LogP contribution in [-0.4, -0.2) is 0 Å². The minimum absolute atomic E-state index is 0.582. The van der Waals surface area contributed by atoms with Gasteiger partial charge in [-0.05, 0) is 54.8 Å². The third-order valence-corrected chi connectivity index (χ3v) is 8.65. The van der Waals surface area contributed by atoms with Crippen molar-refractivity contribution in [3.8, 4) is 0 Å². The van der Waals surface area contributed by atoms with Gasteiger partial charge in [0.2, 0.25) is 0 Å². The second-order valence-corrected chi connectivity index (χ2v) is 11.1. The Morgan fingerprint density at radius 1 is 0.577 bits per heavy atom. The maximum absolute atomic E-state index is 2.70. The Labute approximate surface area is 166 Å². The lowest BCUT2D eigenvalue weighted by Gasteiger charge is -2.57. The zero-order chi connectivity index (χ0) is 18.9. The lowest BCUT2D eigenvalue weighted by molar-refractivity contribution is -0.0639. The number of hydrogen-bond donors (Lipinski definition) is 0. The third-order valence-electron chi connectivity index (χ3n) is 8.65. The van der Waals surface area contributed by atoms with Crippen LogP contribution in [0.1, 0.15) is 150 Å². The van der Waals surface area contributed by atoms with Crippen molar-refractivity contribution in [2.75, 3.05) is 0 Å². The van der Waals surface area contributed by atoms with E-state index in [4.69, 9.17) is 0 Å². The molecule has 2 bridgehead atoms. The predicted octanol–water partition coefficient (Wildman–Crippen LogP) is 9.46. The van der Waals surface area contributed by atoms with Gasteiger partial charge >= 0.3 is 0 Å². The summed E-state index contributed by atoms with van der Waals surface area (Å²) >= 11 is 0. The van der Waals surface area contributed by atoms with E-state index in [1.807, 2.05) is 0 Å².